The van der Waals surface area contributed by atoms with Crippen LogP contribution in [0.5, 0.6) is 0 Å². The average Bonchev–Trinajstić information content (AvgIpc) is 3.37. The Morgan fingerprint density at radius 1 is 0.903 bits per heavy atom. The smallest absolute Gasteiger partial charge is 0.272 e. The summed E-state index contributed by atoms with van der Waals surface area (Å²) in [7, 11) is 0. The molecule has 0 aliphatic rings. The molecule has 1 N–H and O–H groups in total. The summed E-state index contributed by atoms with van der Waals surface area (Å²) in [6.07, 6.45) is 0. The van der Waals surface area contributed by atoms with Gasteiger partial charge in [-0.1, -0.05) is 59.3 Å². The van der Waals surface area contributed by atoms with Crippen LogP contribution in [-0.2, 0) is 13.1 Å². The number of halogens is 1. The van der Waals surface area contributed by atoms with Crippen LogP contribution in [0.2, 0.25) is 5.02 Å². The molecule has 7 nitrogen and oxygen atoms in total. The number of fused-ring (bicyclic) bond motifs is 2. The van der Waals surface area contributed by atoms with Gasteiger partial charge in [-0.05, 0) is 35.9 Å². The first-order valence-corrected chi connectivity index (χ1v) is 10.3. The lowest BCUT2D eigenvalue weighted by molar-refractivity contribution is 0.0947. The molecule has 0 fully saturated rings. The van der Waals surface area contributed by atoms with E-state index in [4.69, 9.17) is 11.6 Å². The van der Waals surface area contributed by atoms with Crippen molar-refractivity contribution in [3.63, 3.8) is 0 Å². The van der Waals surface area contributed by atoms with E-state index in [0.29, 0.717) is 30.4 Å². The first kappa shape index (κ1) is 19.3. The molecule has 0 aliphatic carbocycles. The normalized spacial score (nSPS) is 11.3. The van der Waals surface area contributed by atoms with Crippen molar-refractivity contribution >= 4 is 39.4 Å². The lowest BCUT2D eigenvalue weighted by Gasteiger charge is -2.05. The van der Waals surface area contributed by atoms with Gasteiger partial charge in [0, 0.05) is 17.0 Å². The van der Waals surface area contributed by atoms with Crippen molar-refractivity contribution in [2.75, 3.05) is 6.54 Å². The van der Waals surface area contributed by atoms with Crippen LogP contribution in [0.4, 0.5) is 0 Å². The van der Waals surface area contributed by atoms with Crippen LogP contribution in [0.3, 0.4) is 0 Å². The van der Waals surface area contributed by atoms with Crippen LogP contribution >= 0.6 is 11.6 Å². The van der Waals surface area contributed by atoms with Gasteiger partial charge >= 0.3 is 0 Å². The number of carbonyl (C=O) groups is 1. The second-order valence-electron chi connectivity index (χ2n) is 7.21. The van der Waals surface area contributed by atoms with Crippen LogP contribution in [0.25, 0.3) is 21.9 Å². The first-order chi connectivity index (χ1) is 15.2. The van der Waals surface area contributed by atoms with Crippen molar-refractivity contribution in [3.05, 3.63) is 89.1 Å². The lowest BCUT2D eigenvalue weighted by atomic mass is 10.2. The molecule has 8 heteroatoms. The maximum atomic E-state index is 12.9. The van der Waals surface area contributed by atoms with Gasteiger partial charge in [-0.2, -0.15) is 5.10 Å². The number of hydrogen-bond acceptors (Lipinski definition) is 4. The molecule has 2 aromatic heterocycles. The molecular formula is C23H19ClN6O. The van der Waals surface area contributed by atoms with E-state index >= 15 is 0 Å². The van der Waals surface area contributed by atoms with Gasteiger partial charge in [-0.3, -0.25) is 9.48 Å². The summed E-state index contributed by atoms with van der Waals surface area (Å²) in [5.74, 6) is -0.213. The third-order valence-corrected chi connectivity index (χ3v) is 5.40. The highest BCUT2D eigenvalue weighted by atomic mass is 35.5. The Morgan fingerprint density at radius 2 is 1.65 bits per heavy atom. The van der Waals surface area contributed by atoms with Crippen LogP contribution in [-0.4, -0.2) is 37.2 Å². The highest BCUT2D eigenvalue weighted by molar-refractivity contribution is 6.30. The summed E-state index contributed by atoms with van der Waals surface area (Å²) in [4.78, 5) is 12.9. The van der Waals surface area contributed by atoms with Crippen molar-refractivity contribution in [2.45, 2.75) is 13.1 Å². The first-order valence-electron chi connectivity index (χ1n) is 9.95. The summed E-state index contributed by atoms with van der Waals surface area (Å²) < 4.78 is 3.63. The zero-order valence-corrected chi connectivity index (χ0v) is 17.3. The van der Waals surface area contributed by atoms with Gasteiger partial charge in [0.15, 0.2) is 5.69 Å². The second kappa shape index (κ2) is 8.20. The Bertz CT molecular complexity index is 1370. The quantitative estimate of drug-likeness (QED) is 0.443. The summed E-state index contributed by atoms with van der Waals surface area (Å²) in [6.45, 7) is 1.50. The predicted molar refractivity (Wildman–Crippen MR) is 120 cm³/mol. The SMILES string of the molecule is O=C(NCCn1nnc2ccccc21)c1nn(Cc2ccc(Cl)cc2)c2ccccc12. The fourth-order valence-electron chi connectivity index (χ4n) is 3.62. The van der Waals surface area contributed by atoms with Gasteiger partial charge in [0.25, 0.3) is 5.91 Å². The van der Waals surface area contributed by atoms with E-state index in [0.717, 1.165) is 27.5 Å². The van der Waals surface area contributed by atoms with Crippen LogP contribution in [0.15, 0.2) is 72.8 Å². The van der Waals surface area contributed by atoms with Gasteiger partial charge in [0.05, 0.1) is 24.1 Å². The average molecular weight is 431 g/mol. The third kappa shape index (κ3) is 3.87. The molecule has 3 aromatic carbocycles. The minimum Gasteiger partial charge on any atom is -0.349 e. The summed E-state index contributed by atoms with van der Waals surface area (Å²) in [5.41, 5.74) is 4.15. The molecule has 0 unspecified atom stereocenters. The van der Waals surface area contributed by atoms with E-state index in [9.17, 15) is 4.79 Å². The number of aromatic nitrogens is 5. The molecule has 0 radical (unpaired) electrons. The van der Waals surface area contributed by atoms with Crippen molar-refractivity contribution in [1.29, 1.82) is 0 Å². The number of para-hydroxylation sites is 2. The zero-order valence-electron chi connectivity index (χ0n) is 16.6. The number of nitrogens with zero attached hydrogens (tertiary/aromatic N) is 5. The summed E-state index contributed by atoms with van der Waals surface area (Å²) >= 11 is 5.99. The Labute approximate surface area is 183 Å². The van der Waals surface area contributed by atoms with E-state index in [1.54, 1.807) is 4.68 Å². The van der Waals surface area contributed by atoms with E-state index in [1.807, 2.05) is 77.5 Å². The molecule has 0 bridgehead atoms. The molecule has 154 valence electrons. The van der Waals surface area contributed by atoms with Crippen molar-refractivity contribution in [2.24, 2.45) is 0 Å². The van der Waals surface area contributed by atoms with Gasteiger partial charge in [-0.15, -0.1) is 5.10 Å². The van der Waals surface area contributed by atoms with Gasteiger partial charge in [-0.25, -0.2) is 4.68 Å². The molecule has 0 aliphatic heterocycles. The van der Waals surface area contributed by atoms with Crippen molar-refractivity contribution < 1.29 is 4.79 Å². The molecule has 2 heterocycles. The second-order valence-corrected chi connectivity index (χ2v) is 7.64. The maximum absolute atomic E-state index is 12.9. The number of benzene rings is 3. The Balaban J connectivity index is 1.34. The summed E-state index contributed by atoms with van der Waals surface area (Å²) in [6, 6.07) is 23.1. The van der Waals surface area contributed by atoms with E-state index in [2.05, 4.69) is 20.7 Å². The summed E-state index contributed by atoms with van der Waals surface area (Å²) in [5, 5.41) is 17.4. The van der Waals surface area contributed by atoms with Gasteiger partial charge in [0.2, 0.25) is 0 Å². The van der Waals surface area contributed by atoms with E-state index < -0.39 is 0 Å². The number of hydrogen-bond donors (Lipinski definition) is 1. The lowest BCUT2D eigenvalue weighted by Crippen LogP contribution is -2.28. The fourth-order valence-corrected chi connectivity index (χ4v) is 3.75. The number of nitrogens with one attached hydrogen (secondary N) is 1. The van der Waals surface area contributed by atoms with Crippen molar-refractivity contribution in [3.8, 4) is 0 Å². The molecule has 0 atom stereocenters. The van der Waals surface area contributed by atoms with Crippen LogP contribution in [0, 0.1) is 0 Å². The van der Waals surface area contributed by atoms with Crippen molar-refractivity contribution in [1.82, 2.24) is 30.1 Å². The molecule has 5 aromatic rings. The molecule has 1 amide bonds. The Hall–Kier alpha value is -3.71. The van der Waals surface area contributed by atoms with E-state index in [1.165, 1.54) is 0 Å². The Kier molecular flexibility index (Phi) is 5.09. The predicted octanol–water partition coefficient (Wildman–Crippen LogP) is 3.91. The largest absolute Gasteiger partial charge is 0.349 e. The maximum Gasteiger partial charge on any atom is 0.272 e. The molecule has 31 heavy (non-hydrogen) atoms. The topological polar surface area (TPSA) is 77.6 Å². The standard InChI is InChI=1S/C23H19ClN6O/c24-17-11-9-16(10-12-17)15-30-20-7-3-1-5-18(20)22(27-30)23(31)25-13-14-29-21-8-4-2-6-19(21)26-28-29/h1-12H,13-15H2,(H,25,31). The molecule has 5 rings (SSSR count). The fraction of sp³-hybridized carbons (Fsp3) is 0.130. The molecule has 0 saturated carbocycles. The molecule has 0 saturated heterocycles. The number of carbonyl (C=O) groups excluding carboxylic acids is 1. The van der Waals surface area contributed by atoms with Crippen LogP contribution < -0.4 is 5.32 Å². The minimum atomic E-state index is -0.213. The molecular weight excluding hydrogens is 412 g/mol. The minimum absolute atomic E-state index is 0.213. The molecule has 0 spiro atoms. The third-order valence-electron chi connectivity index (χ3n) is 5.15. The highest BCUT2D eigenvalue weighted by Crippen LogP contribution is 2.20. The highest BCUT2D eigenvalue weighted by Gasteiger charge is 2.17. The number of rotatable bonds is 6. The van der Waals surface area contributed by atoms with Gasteiger partial charge in [0.1, 0.15) is 5.52 Å². The number of amides is 1. The van der Waals surface area contributed by atoms with Gasteiger partial charge < -0.3 is 5.32 Å². The Morgan fingerprint density at radius 3 is 2.48 bits per heavy atom. The van der Waals surface area contributed by atoms with E-state index in [-0.39, 0.29) is 5.91 Å². The monoisotopic (exact) mass is 430 g/mol. The zero-order chi connectivity index (χ0) is 21.2. The van der Waals surface area contributed by atoms with Crippen LogP contribution in [0.1, 0.15) is 16.1 Å².